The van der Waals surface area contributed by atoms with Gasteiger partial charge >= 0.3 is 0 Å². The van der Waals surface area contributed by atoms with Gasteiger partial charge in [-0.05, 0) is 72.3 Å². The van der Waals surface area contributed by atoms with Crippen LogP contribution in [0.3, 0.4) is 0 Å². The zero-order chi connectivity index (χ0) is 34.8. The van der Waals surface area contributed by atoms with E-state index in [2.05, 4.69) is 16.0 Å². The highest BCUT2D eigenvalue weighted by Crippen LogP contribution is 2.32. The third kappa shape index (κ3) is 8.81. The van der Waals surface area contributed by atoms with Crippen molar-refractivity contribution in [2.45, 2.75) is 25.3 Å². The van der Waals surface area contributed by atoms with Crippen molar-refractivity contribution in [1.29, 1.82) is 0 Å². The Morgan fingerprint density at radius 1 is 0.918 bits per heavy atom. The Labute approximate surface area is 293 Å². The molecule has 1 atom stereocenters. The molecular formula is C37H35ClN4O6S. The van der Waals surface area contributed by atoms with Gasteiger partial charge in [-0.3, -0.25) is 28.9 Å². The molecule has 0 fully saturated rings. The zero-order valence-corrected chi connectivity index (χ0v) is 28.3. The van der Waals surface area contributed by atoms with Crippen molar-refractivity contribution in [2.24, 2.45) is 0 Å². The molecule has 12 heteroatoms. The number of carbonyl (C=O) groups excluding carboxylic acids is 5. The Bertz CT molecular complexity index is 1840. The van der Waals surface area contributed by atoms with Crippen molar-refractivity contribution >= 4 is 63.6 Å². The molecule has 10 nitrogen and oxygen atoms in total. The number of hydrogen-bond acceptors (Lipinski definition) is 8. The van der Waals surface area contributed by atoms with Crippen LogP contribution in [0.4, 0.5) is 11.4 Å². The summed E-state index contributed by atoms with van der Waals surface area (Å²) < 4.78 is 5.15. The summed E-state index contributed by atoms with van der Waals surface area (Å²) in [6, 6.07) is 23.8. The molecule has 252 valence electrons. The third-order valence-electron chi connectivity index (χ3n) is 7.84. The smallest absolute Gasteiger partial charge is 0.248 e. The topological polar surface area (TPSA) is 134 Å². The highest BCUT2D eigenvalue weighted by atomic mass is 35.5. The van der Waals surface area contributed by atoms with E-state index in [0.29, 0.717) is 59.1 Å². The average Bonchev–Trinajstić information content (AvgIpc) is 3.66. The number of fused-ring (bicyclic) bond motifs is 1. The van der Waals surface area contributed by atoms with Crippen LogP contribution in [0.25, 0.3) is 0 Å². The SMILES string of the molecule is COc1ccc2c(c1)C(=O)C=C(NCCCC(=O)Nc1ccc(N(C(=O)CCl)C(C(=O)NCCc3ccccc3)c3cccs3)cc1)C2=O. The number of anilines is 2. The normalized spacial score (nSPS) is 12.7. The fourth-order valence-electron chi connectivity index (χ4n) is 5.40. The highest BCUT2D eigenvalue weighted by Gasteiger charge is 2.33. The Morgan fingerprint density at radius 3 is 2.39 bits per heavy atom. The van der Waals surface area contributed by atoms with Crippen LogP contribution in [0, 0.1) is 0 Å². The summed E-state index contributed by atoms with van der Waals surface area (Å²) in [4.78, 5) is 67.0. The summed E-state index contributed by atoms with van der Waals surface area (Å²) in [5, 5.41) is 10.6. The van der Waals surface area contributed by atoms with E-state index < -0.39 is 11.9 Å². The van der Waals surface area contributed by atoms with Crippen molar-refractivity contribution in [2.75, 3.05) is 36.3 Å². The van der Waals surface area contributed by atoms with Gasteiger partial charge in [0.25, 0.3) is 0 Å². The van der Waals surface area contributed by atoms with Crippen LogP contribution in [0.2, 0.25) is 0 Å². The quantitative estimate of drug-likeness (QED) is 0.107. The van der Waals surface area contributed by atoms with Crippen LogP contribution >= 0.6 is 22.9 Å². The maximum absolute atomic E-state index is 13.6. The fraction of sp³-hybridized carbons (Fsp3) is 0.216. The third-order valence-corrected chi connectivity index (χ3v) is 8.99. The molecule has 4 aromatic rings. The molecule has 3 aromatic carbocycles. The van der Waals surface area contributed by atoms with E-state index in [-0.39, 0.29) is 41.4 Å². The van der Waals surface area contributed by atoms with Crippen LogP contribution in [0.1, 0.15) is 50.0 Å². The number of benzene rings is 3. The molecule has 1 aliphatic carbocycles. The maximum Gasteiger partial charge on any atom is 0.248 e. The minimum absolute atomic E-state index is 0.151. The second-order valence-electron chi connectivity index (χ2n) is 11.1. The van der Waals surface area contributed by atoms with Gasteiger partial charge in [-0.2, -0.15) is 0 Å². The molecule has 0 bridgehead atoms. The number of thiophene rings is 1. The van der Waals surface area contributed by atoms with E-state index in [1.165, 1.54) is 29.4 Å². The first kappa shape index (κ1) is 35.1. The molecule has 1 aromatic heterocycles. The van der Waals surface area contributed by atoms with Crippen molar-refractivity contribution in [3.63, 3.8) is 0 Å². The van der Waals surface area contributed by atoms with E-state index in [1.807, 2.05) is 41.8 Å². The van der Waals surface area contributed by atoms with E-state index in [9.17, 15) is 24.0 Å². The molecule has 1 heterocycles. The van der Waals surface area contributed by atoms with Gasteiger partial charge in [-0.15, -0.1) is 22.9 Å². The number of ether oxygens (including phenoxy) is 1. The average molecular weight is 699 g/mol. The molecule has 1 aliphatic rings. The summed E-state index contributed by atoms with van der Waals surface area (Å²) >= 11 is 7.39. The number of rotatable bonds is 15. The van der Waals surface area contributed by atoms with Gasteiger partial charge in [0.15, 0.2) is 5.78 Å². The van der Waals surface area contributed by atoms with Crippen LogP contribution in [-0.2, 0) is 20.8 Å². The number of nitrogens with one attached hydrogen (secondary N) is 3. The Hall–Kier alpha value is -5.26. The second kappa shape index (κ2) is 16.7. The summed E-state index contributed by atoms with van der Waals surface area (Å²) in [7, 11) is 1.49. The van der Waals surface area contributed by atoms with Gasteiger partial charge in [-0.1, -0.05) is 36.4 Å². The van der Waals surface area contributed by atoms with Crippen molar-refractivity contribution in [1.82, 2.24) is 10.6 Å². The Balaban J connectivity index is 1.17. The molecule has 3 N–H and O–H groups in total. The van der Waals surface area contributed by atoms with Gasteiger partial charge in [0, 0.05) is 53.0 Å². The lowest BCUT2D eigenvalue weighted by atomic mass is 9.92. The lowest BCUT2D eigenvalue weighted by molar-refractivity contribution is -0.125. The molecule has 1 unspecified atom stereocenters. The highest BCUT2D eigenvalue weighted by molar-refractivity contribution is 7.10. The molecule has 0 aliphatic heterocycles. The minimum atomic E-state index is -0.937. The first-order chi connectivity index (χ1) is 23.8. The Morgan fingerprint density at radius 2 is 1.69 bits per heavy atom. The minimum Gasteiger partial charge on any atom is -0.497 e. The first-order valence-electron chi connectivity index (χ1n) is 15.6. The Kier molecular flexibility index (Phi) is 12.0. The summed E-state index contributed by atoms with van der Waals surface area (Å²) in [6.45, 7) is 0.694. The molecule has 49 heavy (non-hydrogen) atoms. The van der Waals surface area contributed by atoms with Crippen LogP contribution in [0.15, 0.2) is 102 Å². The molecule has 0 saturated heterocycles. The van der Waals surface area contributed by atoms with E-state index in [1.54, 1.807) is 48.5 Å². The van der Waals surface area contributed by atoms with Gasteiger partial charge in [0.1, 0.15) is 17.7 Å². The van der Waals surface area contributed by atoms with E-state index >= 15 is 0 Å². The van der Waals surface area contributed by atoms with Crippen LogP contribution < -0.4 is 25.6 Å². The number of nitrogens with zero attached hydrogens (tertiary/aromatic N) is 1. The number of alkyl halides is 1. The van der Waals surface area contributed by atoms with Crippen molar-refractivity contribution < 1.29 is 28.7 Å². The zero-order valence-electron chi connectivity index (χ0n) is 26.7. The van der Waals surface area contributed by atoms with Gasteiger partial charge < -0.3 is 20.7 Å². The number of methoxy groups -OCH3 is 1. The number of carbonyl (C=O) groups is 5. The van der Waals surface area contributed by atoms with Gasteiger partial charge in [0.2, 0.25) is 23.5 Å². The summed E-state index contributed by atoms with van der Waals surface area (Å²) in [5.41, 5.74) is 2.81. The molecule has 5 rings (SSSR count). The molecular weight excluding hydrogens is 664 g/mol. The van der Waals surface area contributed by atoms with Crippen molar-refractivity contribution in [3.8, 4) is 5.75 Å². The predicted molar refractivity (Wildman–Crippen MR) is 190 cm³/mol. The number of allylic oxidation sites excluding steroid dienone is 2. The maximum atomic E-state index is 13.6. The summed E-state index contributed by atoms with van der Waals surface area (Å²) in [6.07, 6.45) is 2.45. The van der Waals surface area contributed by atoms with Crippen LogP contribution in [-0.4, -0.2) is 55.4 Å². The van der Waals surface area contributed by atoms with Gasteiger partial charge in [-0.25, -0.2) is 0 Å². The lowest BCUT2D eigenvalue weighted by Crippen LogP contribution is -2.44. The van der Waals surface area contributed by atoms with Crippen LogP contribution in [0.5, 0.6) is 5.75 Å². The number of ketones is 2. The fourth-order valence-corrected chi connectivity index (χ4v) is 6.34. The standard InChI is InChI=1S/C37H35ClN4O6S/c1-48-27-15-16-28-29(21-27)31(43)22-30(36(28)46)39-18-5-10-33(44)41-25-11-13-26(14-12-25)42(34(45)23-38)35(32-9-6-20-49-32)37(47)40-19-17-24-7-3-2-4-8-24/h2-4,6-9,11-16,20-22,35,39H,5,10,17-19,23H2,1H3,(H,40,47)(H,41,44). The molecule has 0 saturated carbocycles. The predicted octanol–water partition coefficient (Wildman–Crippen LogP) is 5.70. The lowest BCUT2D eigenvalue weighted by Gasteiger charge is -2.30. The first-order valence-corrected chi connectivity index (χ1v) is 17.1. The number of amides is 3. The molecule has 3 amide bonds. The summed E-state index contributed by atoms with van der Waals surface area (Å²) in [5.74, 6) is -1.46. The second-order valence-corrected chi connectivity index (χ2v) is 12.4. The number of hydrogen-bond donors (Lipinski definition) is 3. The number of halogens is 1. The van der Waals surface area contributed by atoms with E-state index in [4.69, 9.17) is 16.3 Å². The number of Topliss-reactive ketones (excluding diaryl/α,β-unsaturated/α-hetero) is 1. The molecule has 0 radical (unpaired) electrons. The van der Waals surface area contributed by atoms with Crippen molar-refractivity contribution in [3.05, 3.63) is 124 Å². The van der Waals surface area contributed by atoms with Gasteiger partial charge in [0.05, 0.1) is 12.8 Å². The largest absolute Gasteiger partial charge is 0.497 e. The molecule has 0 spiro atoms. The monoisotopic (exact) mass is 698 g/mol. The van der Waals surface area contributed by atoms with E-state index in [0.717, 1.165) is 5.56 Å².